The lowest BCUT2D eigenvalue weighted by Crippen LogP contribution is -2.33. The van der Waals surface area contributed by atoms with E-state index >= 15 is 0 Å². The topological polar surface area (TPSA) is 302 Å². The summed E-state index contributed by atoms with van der Waals surface area (Å²) in [6.07, 6.45) is 0. The van der Waals surface area contributed by atoms with Crippen molar-refractivity contribution in [2.24, 2.45) is 0 Å². The molecule has 0 spiro atoms. The molecule has 13 heteroatoms. The number of aliphatic hydroxyl groups is 4. The summed E-state index contributed by atoms with van der Waals surface area (Å²) in [5.41, 5.74) is 0. The minimum atomic E-state index is -4.61. The molecule has 0 aromatic carbocycles. The van der Waals surface area contributed by atoms with Crippen molar-refractivity contribution in [2.75, 3.05) is 28.4 Å². The first kappa shape index (κ1) is 69.2. The van der Waals surface area contributed by atoms with Crippen molar-refractivity contribution in [1.82, 2.24) is 24.6 Å². The van der Waals surface area contributed by atoms with E-state index in [0.717, 1.165) is 28.4 Å². The van der Waals surface area contributed by atoms with E-state index in [2.05, 4.69) is 0 Å². The molecule has 0 radical (unpaired) electrons. The summed E-state index contributed by atoms with van der Waals surface area (Å²) in [4.78, 5) is 29.3. The molecule has 0 aromatic rings. The highest BCUT2D eigenvalue weighted by Gasteiger charge is 2.22. The summed E-state index contributed by atoms with van der Waals surface area (Å²) >= 11 is 0. The van der Waals surface area contributed by atoms with Crippen LogP contribution in [0.2, 0.25) is 0 Å². The van der Waals surface area contributed by atoms with Gasteiger partial charge in [-0.1, -0.05) is 0 Å². The van der Waals surface area contributed by atoms with Crippen molar-refractivity contribution in [2.45, 2.75) is 0 Å². The molecular weight excluding hydrogens is 260 g/mol. The fourth-order valence-electron chi connectivity index (χ4n) is 0. The van der Waals surface area contributed by atoms with E-state index in [0.29, 0.717) is 0 Å². The first-order valence-electron chi connectivity index (χ1n) is 2.68. The van der Waals surface area contributed by atoms with Gasteiger partial charge in [-0.25, -0.2) is 0 Å². The normalized spacial score (nSPS) is 4.94. The fraction of sp³-hybridized carbons (Fsp3) is 1.00. The third kappa shape index (κ3) is 42900. The lowest BCUT2D eigenvalue weighted by molar-refractivity contribution is 0.117. The Labute approximate surface area is 103 Å². The molecule has 12 nitrogen and oxygen atoms in total. The van der Waals surface area contributed by atoms with E-state index in [9.17, 15) is 0 Å². The van der Waals surface area contributed by atoms with Crippen LogP contribution in [0.5, 0.6) is 0 Å². The van der Waals surface area contributed by atoms with Crippen molar-refractivity contribution < 1.29 is 39.6 Å². The molecule has 0 aliphatic rings. The molecule has 0 saturated carbocycles. The van der Waals surface area contributed by atoms with E-state index in [1.165, 1.54) is 0 Å². The summed E-state index contributed by atoms with van der Waals surface area (Å²) < 4.78 is 0. The molecule has 20 N–H and O–H groups in total. The van der Waals surface area contributed by atoms with Crippen molar-refractivity contribution in [1.29, 1.82) is 0 Å². The van der Waals surface area contributed by atoms with Crippen LogP contribution < -0.4 is 24.6 Å². The zero-order chi connectivity index (χ0) is 12.5. The Hall–Kier alpha value is -0.263. The van der Waals surface area contributed by atoms with Gasteiger partial charge in [0.15, 0.2) is 0 Å². The Morgan fingerprint density at radius 1 is 0.412 bits per heavy atom. The van der Waals surface area contributed by atoms with E-state index < -0.39 is 9.05 Å². The van der Waals surface area contributed by atoms with Crippen molar-refractivity contribution in [3.8, 4) is 0 Å². The molecule has 0 saturated heterocycles. The smallest absolute Gasteiger partial charge is 0.400 e. The standard InChI is InChI=1S/4CH4O.4H3N.H4O4Si/c4*1-2;;;;;1-5(2,3)4/h4*2H,1H3;4*1H3;1-4H. The van der Waals surface area contributed by atoms with Gasteiger partial charge < -0.3 is 64.2 Å². The number of rotatable bonds is 0. The predicted molar refractivity (Wildman–Crippen MR) is 67.3 cm³/mol. The number of hydrogen-bond donors (Lipinski definition) is 12. The van der Waals surface area contributed by atoms with Gasteiger partial charge in [0.25, 0.3) is 0 Å². The van der Waals surface area contributed by atoms with Gasteiger partial charge in [-0.15, -0.1) is 0 Å². The van der Waals surface area contributed by atoms with Gasteiger partial charge in [-0.3, -0.25) is 0 Å². The van der Waals surface area contributed by atoms with E-state index in [-0.39, 0.29) is 24.6 Å². The molecule has 0 aliphatic carbocycles. The van der Waals surface area contributed by atoms with Crippen molar-refractivity contribution in [3.05, 3.63) is 0 Å². The third-order valence-corrected chi connectivity index (χ3v) is 0. The monoisotopic (exact) mass is 292 g/mol. The van der Waals surface area contributed by atoms with Crippen LogP contribution in [-0.2, 0) is 0 Å². The van der Waals surface area contributed by atoms with Gasteiger partial charge in [0.2, 0.25) is 0 Å². The minimum Gasteiger partial charge on any atom is -0.400 e. The Morgan fingerprint density at radius 3 is 0.412 bits per heavy atom. The van der Waals surface area contributed by atoms with Crippen molar-refractivity contribution in [3.63, 3.8) is 0 Å². The van der Waals surface area contributed by atoms with Crippen LogP contribution in [0.1, 0.15) is 0 Å². The second-order valence-electron chi connectivity index (χ2n) is 0.600. The Bertz CT molecular complexity index is 45.0. The molecule has 0 aromatic heterocycles. The van der Waals surface area contributed by atoms with Crippen LogP contribution >= 0.6 is 0 Å². The molecule has 0 atom stereocenters. The quantitative estimate of drug-likeness (QED) is 0.193. The second kappa shape index (κ2) is 104. The summed E-state index contributed by atoms with van der Waals surface area (Å²) in [6, 6.07) is 0. The molecule has 0 fully saturated rings. The van der Waals surface area contributed by atoms with Gasteiger partial charge in [-0.2, -0.15) is 0 Å². The van der Waals surface area contributed by atoms with Crippen molar-refractivity contribution >= 4 is 9.05 Å². The molecule has 120 valence electrons. The van der Waals surface area contributed by atoms with Gasteiger partial charge in [0.1, 0.15) is 0 Å². The summed E-state index contributed by atoms with van der Waals surface area (Å²) in [7, 11) is -0.611. The van der Waals surface area contributed by atoms with E-state index in [1.807, 2.05) is 0 Å². The summed E-state index contributed by atoms with van der Waals surface area (Å²) in [5.74, 6) is 0. The van der Waals surface area contributed by atoms with Gasteiger partial charge in [0, 0.05) is 28.4 Å². The highest BCUT2D eigenvalue weighted by atomic mass is 28.4. The van der Waals surface area contributed by atoms with Crippen LogP contribution in [0.25, 0.3) is 0 Å². The third-order valence-electron chi connectivity index (χ3n) is 0. The summed E-state index contributed by atoms with van der Waals surface area (Å²) in [5, 5.41) is 28.0. The maximum atomic E-state index is 7.33. The van der Waals surface area contributed by atoms with E-state index in [4.69, 9.17) is 39.6 Å². The molecule has 0 amide bonds. The van der Waals surface area contributed by atoms with Crippen LogP contribution in [0.15, 0.2) is 0 Å². The number of aliphatic hydroxyl groups excluding tert-OH is 4. The Morgan fingerprint density at radius 2 is 0.412 bits per heavy atom. The SMILES string of the molecule is CO.CO.CO.CO.N.N.N.N.O[Si](O)(O)O. The maximum absolute atomic E-state index is 7.33. The highest BCUT2D eigenvalue weighted by Crippen LogP contribution is 1.67. The second-order valence-corrected chi connectivity index (χ2v) is 1.80. The average molecular weight is 292 g/mol. The highest BCUT2D eigenvalue weighted by molar-refractivity contribution is 6.46. The zero-order valence-corrected chi connectivity index (χ0v) is 11.9. The fourth-order valence-corrected chi connectivity index (χ4v) is 0. The van der Waals surface area contributed by atoms with Gasteiger partial charge in [-0.05, 0) is 0 Å². The lowest BCUT2D eigenvalue weighted by atomic mass is 11.8. The van der Waals surface area contributed by atoms with Gasteiger partial charge >= 0.3 is 9.05 Å². The van der Waals surface area contributed by atoms with Crippen LogP contribution in [0, 0.1) is 0 Å². The average Bonchev–Trinajstić information content (AvgIpc) is 2.14. The molecular formula is C4H32N4O8Si. The molecule has 0 heterocycles. The molecule has 0 aliphatic heterocycles. The lowest BCUT2D eigenvalue weighted by Gasteiger charge is -1.91. The first-order chi connectivity index (χ1) is 6.00. The van der Waals surface area contributed by atoms with Crippen LogP contribution in [0.3, 0.4) is 0 Å². The molecule has 17 heavy (non-hydrogen) atoms. The van der Waals surface area contributed by atoms with Crippen LogP contribution in [0.4, 0.5) is 0 Å². The molecule has 0 rings (SSSR count). The summed E-state index contributed by atoms with van der Waals surface area (Å²) in [6.45, 7) is 0. The molecule has 0 bridgehead atoms. The predicted octanol–water partition coefficient (Wildman–Crippen LogP) is -3.53. The number of hydrogen-bond acceptors (Lipinski definition) is 12. The Balaban J connectivity index is -0.00000000686. The van der Waals surface area contributed by atoms with Crippen LogP contribution in [-0.4, -0.2) is 77.1 Å². The minimum absolute atomic E-state index is 0. The zero-order valence-electron chi connectivity index (χ0n) is 10.9. The Kier molecular flexibility index (Phi) is 423. The largest absolute Gasteiger partial charge is 0.668 e. The van der Waals surface area contributed by atoms with Gasteiger partial charge in [0.05, 0.1) is 0 Å². The van der Waals surface area contributed by atoms with E-state index in [1.54, 1.807) is 0 Å². The maximum Gasteiger partial charge on any atom is 0.668 e. The molecule has 0 unspecified atom stereocenters. The first-order valence-corrected chi connectivity index (χ1v) is 4.47.